The standard InChI is InChI=1S/C15H15N3O2S2/c1-4-10-7-22-15-16-9(3)11(14(20)18(10)15)17-13(19)12-8(2)5-6-21-12/h5-7H,4H2,1-3H3,(H,17,19). The molecule has 0 spiro atoms. The molecular formula is C15H15N3O2S2. The van der Waals surface area contributed by atoms with Gasteiger partial charge in [0.2, 0.25) is 0 Å². The first-order chi connectivity index (χ1) is 10.5. The third kappa shape index (κ3) is 2.36. The predicted molar refractivity (Wildman–Crippen MR) is 90.5 cm³/mol. The van der Waals surface area contributed by atoms with Crippen LogP contribution in [-0.4, -0.2) is 15.3 Å². The number of nitrogens with one attached hydrogen (secondary N) is 1. The first-order valence-electron chi connectivity index (χ1n) is 6.88. The molecule has 1 N–H and O–H groups in total. The largest absolute Gasteiger partial charge is 0.315 e. The molecule has 0 aliphatic heterocycles. The molecule has 0 bridgehead atoms. The summed E-state index contributed by atoms with van der Waals surface area (Å²) in [5.74, 6) is -0.261. The van der Waals surface area contributed by atoms with Crippen molar-refractivity contribution in [2.75, 3.05) is 5.32 Å². The summed E-state index contributed by atoms with van der Waals surface area (Å²) in [6, 6.07) is 1.88. The highest BCUT2D eigenvalue weighted by Crippen LogP contribution is 2.20. The van der Waals surface area contributed by atoms with Crippen LogP contribution in [-0.2, 0) is 6.42 Å². The van der Waals surface area contributed by atoms with Crippen LogP contribution in [0.25, 0.3) is 4.96 Å². The van der Waals surface area contributed by atoms with Gasteiger partial charge in [-0.05, 0) is 37.3 Å². The smallest absolute Gasteiger partial charge is 0.282 e. The van der Waals surface area contributed by atoms with E-state index in [4.69, 9.17) is 0 Å². The summed E-state index contributed by atoms with van der Waals surface area (Å²) in [4.78, 5) is 30.8. The Morgan fingerprint density at radius 3 is 2.77 bits per heavy atom. The molecule has 0 saturated heterocycles. The van der Waals surface area contributed by atoms with Gasteiger partial charge in [0, 0.05) is 11.1 Å². The molecule has 0 unspecified atom stereocenters. The Morgan fingerprint density at radius 1 is 1.36 bits per heavy atom. The number of hydrogen-bond acceptors (Lipinski definition) is 5. The quantitative estimate of drug-likeness (QED) is 0.800. The second-order valence-electron chi connectivity index (χ2n) is 4.96. The molecule has 114 valence electrons. The normalized spacial score (nSPS) is 11.0. The van der Waals surface area contributed by atoms with Crippen LogP contribution in [0.15, 0.2) is 21.6 Å². The lowest BCUT2D eigenvalue weighted by Gasteiger charge is -2.08. The van der Waals surface area contributed by atoms with E-state index in [2.05, 4.69) is 10.3 Å². The van der Waals surface area contributed by atoms with Crippen molar-refractivity contribution in [2.24, 2.45) is 0 Å². The molecule has 0 radical (unpaired) electrons. The van der Waals surface area contributed by atoms with Crippen molar-refractivity contribution >= 4 is 39.2 Å². The zero-order chi connectivity index (χ0) is 15.9. The number of thiophene rings is 1. The van der Waals surface area contributed by atoms with Crippen molar-refractivity contribution in [1.82, 2.24) is 9.38 Å². The molecule has 0 aliphatic carbocycles. The summed E-state index contributed by atoms with van der Waals surface area (Å²) in [6.07, 6.45) is 0.738. The maximum absolute atomic E-state index is 12.7. The van der Waals surface area contributed by atoms with Crippen LogP contribution in [0.3, 0.4) is 0 Å². The highest BCUT2D eigenvalue weighted by molar-refractivity contribution is 7.15. The van der Waals surface area contributed by atoms with Gasteiger partial charge in [0.15, 0.2) is 4.96 Å². The fraction of sp³-hybridized carbons (Fsp3) is 0.267. The van der Waals surface area contributed by atoms with Crippen molar-refractivity contribution < 1.29 is 4.79 Å². The van der Waals surface area contributed by atoms with Crippen molar-refractivity contribution in [2.45, 2.75) is 27.2 Å². The zero-order valence-corrected chi connectivity index (χ0v) is 14.1. The summed E-state index contributed by atoms with van der Waals surface area (Å²) >= 11 is 2.80. The molecule has 0 fully saturated rings. The Hall–Kier alpha value is -1.99. The number of hydrogen-bond donors (Lipinski definition) is 1. The van der Waals surface area contributed by atoms with E-state index >= 15 is 0 Å². The van der Waals surface area contributed by atoms with E-state index in [0.717, 1.165) is 17.7 Å². The Labute approximate surface area is 135 Å². The van der Waals surface area contributed by atoms with Crippen LogP contribution in [0.5, 0.6) is 0 Å². The van der Waals surface area contributed by atoms with Gasteiger partial charge < -0.3 is 5.32 Å². The number of carbonyl (C=O) groups excluding carboxylic acids is 1. The van der Waals surface area contributed by atoms with E-state index in [1.165, 1.54) is 22.7 Å². The maximum Gasteiger partial charge on any atom is 0.282 e. The Kier molecular flexibility index (Phi) is 3.84. The molecule has 3 heterocycles. The van der Waals surface area contributed by atoms with Crippen molar-refractivity contribution in [3.63, 3.8) is 0 Å². The van der Waals surface area contributed by atoms with Gasteiger partial charge in [-0.3, -0.25) is 14.0 Å². The van der Waals surface area contributed by atoms with E-state index in [1.54, 1.807) is 11.3 Å². The molecule has 22 heavy (non-hydrogen) atoms. The van der Waals surface area contributed by atoms with Gasteiger partial charge in [-0.1, -0.05) is 6.92 Å². The van der Waals surface area contributed by atoms with Crippen LogP contribution in [0.4, 0.5) is 5.69 Å². The van der Waals surface area contributed by atoms with Gasteiger partial charge >= 0.3 is 0 Å². The molecule has 3 aromatic heterocycles. The Balaban J connectivity index is 2.09. The summed E-state index contributed by atoms with van der Waals surface area (Å²) in [6.45, 7) is 5.60. The van der Waals surface area contributed by atoms with E-state index in [9.17, 15) is 9.59 Å². The molecular weight excluding hydrogens is 318 g/mol. The fourth-order valence-corrected chi connectivity index (χ4v) is 4.10. The van der Waals surface area contributed by atoms with Crippen LogP contribution in [0.1, 0.15) is 33.5 Å². The third-order valence-corrected chi connectivity index (χ3v) is 5.38. The van der Waals surface area contributed by atoms with Crippen molar-refractivity contribution in [3.05, 3.63) is 49.0 Å². The first kappa shape index (κ1) is 14.9. The van der Waals surface area contributed by atoms with Gasteiger partial charge in [-0.2, -0.15) is 0 Å². The van der Waals surface area contributed by atoms with E-state index in [1.807, 2.05) is 30.7 Å². The summed E-state index contributed by atoms with van der Waals surface area (Å²) in [7, 11) is 0. The van der Waals surface area contributed by atoms with Gasteiger partial charge in [-0.25, -0.2) is 4.98 Å². The second-order valence-corrected chi connectivity index (χ2v) is 6.72. The molecule has 0 saturated carbocycles. The van der Waals surface area contributed by atoms with Gasteiger partial charge in [0.25, 0.3) is 11.5 Å². The topological polar surface area (TPSA) is 63.5 Å². The molecule has 0 aliphatic rings. The van der Waals surface area contributed by atoms with Crippen molar-refractivity contribution in [3.8, 4) is 0 Å². The Bertz CT molecular complexity index is 921. The van der Waals surface area contributed by atoms with Gasteiger partial charge in [-0.15, -0.1) is 22.7 Å². The molecule has 1 amide bonds. The average Bonchev–Trinajstić information content (AvgIpc) is 3.09. The number of thiazole rings is 1. The molecule has 7 heteroatoms. The van der Waals surface area contributed by atoms with Crippen LogP contribution in [0, 0.1) is 13.8 Å². The van der Waals surface area contributed by atoms with Gasteiger partial charge in [0.1, 0.15) is 5.69 Å². The number of aryl methyl sites for hydroxylation is 3. The van der Waals surface area contributed by atoms with Crippen molar-refractivity contribution in [1.29, 1.82) is 0 Å². The van der Waals surface area contributed by atoms with Crippen LogP contribution < -0.4 is 10.9 Å². The second kappa shape index (κ2) is 5.66. The number of fused-ring (bicyclic) bond motifs is 1. The molecule has 0 atom stereocenters. The first-order valence-corrected chi connectivity index (χ1v) is 8.64. The number of carbonyl (C=O) groups is 1. The van der Waals surface area contributed by atoms with Crippen LogP contribution >= 0.6 is 22.7 Å². The lowest BCUT2D eigenvalue weighted by molar-refractivity contribution is 0.102. The number of aromatic nitrogens is 2. The zero-order valence-electron chi connectivity index (χ0n) is 12.5. The summed E-state index contributed by atoms with van der Waals surface area (Å²) < 4.78 is 1.58. The minimum Gasteiger partial charge on any atom is -0.315 e. The molecule has 0 aromatic carbocycles. The van der Waals surface area contributed by atoms with Crippen LogP contribution in [0.2, 0.25) is 0 Å². The number of amides is 1. The lowest BCUT2D eigenvalue weighted by Crippen LogP contribution is -2.25. The summed E-state index contributed by atoms with van der Waals surface area (Å²) in [5, 5.41) is 6.52. The number of anilines is 1. The maximum atomic E-state index is 12.7. The minimum atomic E-state index is -0.261. The average molecular weight is 333 g/mol. The number of nitrogens with zero attached hydrogens (tertiary/aromatic N) is 2. The monoisotopic (exact) mass is 333 g/mol. The molecule has 5 nitrogen and oxygen atoms in total. The number of rotatable bonds is 3. The van der Waals surface area contributed by atoms with E-state index in [0.29, 0.717) is 15.5 Å². The highest BCUT2D eigenvalue weighted by Gasteiger charge is 2.17. The van der Waals surface area contributed by atoms with E-state index in [-0.39, 0.29) is 17.2 Å². The molecule has 3 aromatic rings. The Morgan fingerprint density at radius 2 is 2.14 bits per heavy atom. The van der Waals surface area contributed by atoms with Gasteiger partial charge in [0.05, 0.1) is 10.6 Å². The fourth-order valence-electron chi connectivity index (χ4n) is 2.27. The third-order valence-electron chi connectivity index (χ3n) is 3.49. The van der Waals surface area contributed by atoms with E-state index < -0.39 is 0 Å². The highest BCUT2D eigenvalue weighted by atomic mass is 32.1. The SMILES string of the molecule is CCc1csc2nc(C)c(NC(=O)c3sccc3C)c(=O)n12. The minimum absolute atomic E-state index is 0.219. The molecule has 3 rings (SSSR count). The lowest BCUT2D eigenvalue weighted by atomic mass is 10.2. The summed E-state index contributed by atoms with van der Waals surface area (Å²) in [5.41, 5.74) is 2.38. The predicted octanol–water partition coefficient (Wildman–Crippen LogP) is 3.25.